The number of nitrogens with one attached hydrogen (secondary N) is 1. The van der Waals surface area contributed by atoms with Crippen molar-refractivity contribution in [2.24, 2.45) is 0 Å². The first-order valence-corrected chi connectivity index (χ1v) is 9.50. The molecule has 1 amide bonds. The third-order valence-corrected chi connectivity index (χ3v) is 5.37. The second kappa shape index (κ2) is 8.23. The Labute approximate surface area is 156 Å². The molecule has 1 aliphatic rings. The first-order chi connectivity index (χ1) is 12.6. The molecule has 1 saturated heterocycles. The second-order valence-corrected chi connectivity index (χ2v) is 7.35. The van der Waals surface area contributed by atoms with Crippen LogP contribution in [0, 0.1) is 0 Å². The minimum absolute atomic E-state index is 0.375. The lowest BCUT2D eigenvalue weighted by Crippen LogP contribution is -2.56. The highest BCUT2D eigenvalue weighted by Gasteiger charge is 2.41. The van der Waals surface area contributed by atoms with Crippen LogP contribution in [0.5, 0.6) is 5.75 Å². The van der Waals surface area contributed by atoms with Crippen molar-refractivity contribution >= 4 is 23.6 Å². The third-order valence-electron chi connectivity index (χ3n) is 4.38. The second-order valence-electron chi connectivity index (χ2n) is 6.12. The van der Waals surface area contributed by atoms with Crippen molar-refractivity contribution in [2.45, 2.75) is 25.0 Å². The maximum absolute atomic E-state index is 12.5. The molecule has 1 aromatic heterocycles. The van der Waals surface area contributed by atoms with Crippen LogP contribution in [0.1, 0.15) is 28.8 Å². The molecule has 2 heterocycles. The van der Waals surface area contributed by atoms with Gasteiger partial charge in [-0.2, -0.15) is 11.8 Å². The van der Waals surface area contributed by atoms with Gasteiger partial charge < -0.3 is 15.2 Å². The first-order valence-electron chi connectivity index (χ1n) is 8.34. The topological polar surface area (TPSA) is 88.5 Å². The van der Waals surface area contributed by atoms with Crippen LogP contribution in [0.2, 0.25) is 0 Å². The summed E-state index contributed by atoms with van der Waals surface area (Å²) in [5, 5.41) is 12.3. The van der Waals surface area contributed by atoms with E-state index in [0.717, 1.165) is 17.1 Å². The summed E-state index contributed by atoms with van der Waals surface area (Å²) in [7, 11) is 0. The number of aliphatic carboxylic acids is 1. The number of carboxylic acid groups (broad SMARTS) is 1. The van der Waals surface area contributed by atoms with E-state index in [1.54, 1.807) is 48.4 Å². The summed E-state index contributed by atoms with van der Waals surface area (Å²) in [5.74, 6) is 0.756. The van der Waals surface area contributed by atoms with Crippen molar-refractivity contribution < 1.29 is 19.4 Å². The van der Waals surface area contributed by atoms with Gasteiger partial charge in [0.2, 0.25) is 0 Å². The van der Waals surface area contributed by atoms with Crippen molar-refractivity contribution in [2.75, 3.05) is 11.5 Å². The molecule has 0 saturated carbocycles. The van der Waals surface area contributed by atoms with Crippen LogP contribution in [0.15, 0.2) is 48.8 Å². The monoisotopic (exact) mass is 372 g/mol. The van der Waals surface area contributed by atoms with Crippen LogP contribution < -0.4 is 10.1 Å². The zero-order valence-electron chi connectivity index (χ0n) is 14.2. The summed E-state index contributed by atoms with van der Waals surface area (Å²) in [5.41, 5.74) is 0.249. The number of carbonyl (C=O) groups is 2. The number of benzene rings is 1. The SMILES string of the molecule is O=C(NC1(C(=O)O)CCSCC1)c1ccc(OCc2ccncc2)cc1. The minimum Gasteiger partial charge on any atom is -0.489 e. The van der Waals surface area contributed by atoms with Crippen molar-refractivity contribution in [3.63, 3.8) is 0 Å². The van der Waals surface area contributed by atoms with Gasteiger partial charge >= 0.3 is 5.97 Å². The minimum atomic E-state index is -1.17. The Hall–Kier alpha value is -2.54. The number of carbonyl (C=O) groups excluding carboxylic acids is 1. The van der Waals surface area contributed by atoms with Gasteiger partial charge in [-0.3, -0.25) is 9.78 Å². The summed E-state index contributed by atoms with van der Waals surface area (Å²) < 4.78 is 5.68. The van der Waals surface area contributed by atoms with Crippen molar-refractivity contribution in [3.8, 4) is 5.75 Å². The van der Waals surface area contributed by atoms with E-state index in [0.29, 0.717) is 30.8 Å². The van der Waals surface area contributed by atoms with Gasteiger partial charge in [-0.15, -0.1) is 0 Å². The van der Waals surface area contributed by atoms with Crippen LogP contribution in [0.4, 0.5) is 0 Å². The van der Waals surface area contributed by atoms with Gasteiger partial charge in [0, 0.05) is 18.0 Å². The van der Waals surface area contributed by atoms with E-state index in [1.165, 1.54) is 0 Å². The molecule has 2 N–H and O–H groups in total. The molecule has 136 valence electrons. The highest BCUT2D eigenvalue weighted by Crippen LogP contribution is 2.28. The van der Waals surface area contributed by atoms with Gasteiger partial charge in [0.05, 0.1) is 0 Å². The molecule has 3 rings (SSSR count). The largest absolute Gasteiger partial charge is 0.489 e. The number of thioether (sulfide) groups is 1. The number of amides is 1. The molecular formula is C19H20N2O4S. The summed E-state index contributed by atoms with van der Waals surface area (Å²) in [6.07, 6.45) is 4.28. The van der Waals surface area contributed by atoms with E-state index in [2.05, 4.69) is 10.3 Å². The summed E-state index contributed by atoms with van der Waals surface area (Å²) >= 11 is 1.71. The Bertz CT molecular complexity index is 759. The molecule has 0 radical (unpaired) electrons. The number of ether oxygens (including phenoxy) is 1. The zero-order chi connectivity index (χ0) is 18.4. The summed E-state index contributed by atoms with van der Waals surface area (Å²) in [6, 6.07) is 10.4. The van der Waals surface area contributed by atoms with E-state index in [1.807, 2.05) is 12.1 Å². The average molecular weight is 372 g/mol. The Morgan fingerprint density at radius 2 is 1.77 bits per heavy atom. The molecule has 7 heteroatoms. The standard InChI is InChI=1S/C19H20N2O4S/c22-17(21-19(18(23)24)7-11-26-12-8-19)15-1-3-16(4-2-15)25-13-14-5-9-20-10-6-14/h1-6,9-10H,7-8,11-13H2,(H,21,22)(H,23,24). The number of rotatable bonds is 6. The van der Waals surface area contributed by atoms with Gasteiger partial charge in [0.15, 0.2) is 0 Å². The fourth-order valence-electron chi connectivity index (χ4n) is 2.75. The molecule has 1 aliphatic heterocycles. The number of nitrogens with zero attached hydrogens (tertiary/aromatic N) is 1. The van der Waals surface area contributed by atoms with E-state index >= 15 is 0 Å². The molecule has 6 nitrogen and oxygen atoms in total. The lowest BCUT2D eigenvalue weighted by molar-refractivity contribution is -0.144. The van der Waals surface area contributed by atoms with E-state index < -0.39 is 11.5 Å². The van der Waals surface area contributed by atoms with Gasteiger partial charge in [0.25, 0.3) is 5.91 Å². The van der Waals surface area contributed by atoms with Crippen molar-refractivity contribution in [1.82, 2.24) is 10.3 Å². The normalized spacial score (nSPS) is 15.8. The van der Waals surface area contributed by atoms with Crippen molar-refractivity contribution in [1.29, 1.82) is 0 Å². The molecule has 1 fully saturated rings. The Morgan fingerprint density at radius 3 is 2.38 bits per heavy atom. The maximum Gasteiger partial charge on any atom is 0.329 e. The van der Waals surface area contributed by atoms with E-state index in [-0.39, 0.29) is 5.91 Å². The molecule has 1 aromatic carbocycles. The Balaban J connectivity index is 1.62. The van der Waals surface area contributed by atoms with Crippen LogP contribution in [-0.2, 0) is 11.4 Å². The van der Waals surface area contributed by atoms with Gasteiger partial charge in [0.1, 0.15) is 17.9 Å². The van der Waals surface area contributed by atoms with Crippen LogP contribution in [0.25, 0.3) is 0 Å². The molecule has 0 aliphatic carbocycles. The summed E-state index contributed by atoms with van der Waals surface area (Å²) in [4.78, 5) is 28.1. The number of aromatic nitrogens is 1. The lowest BCUT2D eigenvalue weighted by atomic mass is 9.92. The molecule has 0 unspecified atom stereocenters. The predicted octanol–water partition coefficient (Wildman–Crippen LogP) is 2.74. The van der Waals surface area contributed by atoms with Gasteiger partial charge in [-0.05, 0) is 66.3 Å². The smallest absolute Gasteiger partial charge is 0.329 e. The molecule has 0 spiro atoms. The Kier molecular flexibility index (Phi) is 5.78. The molecule has 2 aromatic rings. The number of pyridine rings is 1. The maximum atomic E-state index is 12.5. The molecule has 26 heavy (non-hydrogen) atoms. The fourth-order valence-corrected chi connectivity index (χ4v) is 3.94. The quantitative estimate of drug-likeness (QED) is 0.811. The third kappa shape index (κ3) is 4.35. The van der Waals surface area contributed by atoms with Crippen molar-refractivity contribution in [3.05, 3.63) is 59.9 Å². The van der Waals surface area contributed by atoms with E-state index in [4.69, 9.17) is 4.74 Å². The molecule has 0 atom stereocenters. The predicted molar refractivity (Wildman–Crippen MR) is 99.4 cm³/mol. The highest BCUT2D eigenvalue weighted by atomic mass is 32.2. The van der Waals surface area contributed by atoms with Gasteiger partial charge in [-0.1, -0.05) is 0 Å². The van der Waals surface area contributed by atoms with Crippen LogP contribution >= 0.6 is 11.8 Å². The summed E-state index contributed by atoms with van der Waals surface area (Å²) in [6.45, 7) is 0.411. The number of carboxylic acids is 1. The highest BCUT2D eigenvalue weighted by molar-refractivity contribution is 7.99. The van der Waals surface area contributed by atoms with Crippen LogP contribution in [0.3, 0.4) is 0 Å². The van der Waals surface area contributed by atoms with Gasteiger partial charge in [-0.25, -0.2) is 4.79 Å². The van der Waals surface area contributed by atoms with Crippen LogP contribution in [-0.4, -0.2) is 39.0 Å². The van der Waals surface area contributed by atoms with E-state index in [9.17, 15) is 14.7 Å². The number of hydrogen-bond donors (Lipinski definition) is 2. The Morgan fingerprint density at radius 1 is 1.12 bits per heavy atom. The fraction of sp³-hybridized carbons (Fsp3) is 0.316. The first kappa shape index (κ1) is 18.3. The zero-order valence-corrected chi connectivity index (χ0v) is 15.0. The number of hydrogen-bond acceptors (Lipinski definition) is 5. The molecular weight excluding hydrogens is 352 g/mol. The average Bonchev–Trinajstić information content (AvgIpc) is 2.68. The lowest BCUT2D eigenvalue weighted by Gasteiger charge is -2.33. The molecule has 0 bridgehead atoms.